The first-order valence-corrected chi connectivity index (χ1v) is 8.64. The smallest absolute Gasteiger partial charge is 0.269 e. The van der Waals surface area contributed by atoms with Crippen molar-refractivity contribution in [1.82, 2.24) is 0 Å². The van der Waals surface area contributed by atoms with E-state index in [-0.39, 0.29) is 23.6 Å². The van der Waals surface area contributed by atoms with E-state index >= 15 is 0 Å². The lowest BCUT2D eigenvalue weighted by atomic mass is 9.94. The summed E-state index contributed by atoms with van der Waals surface area (Å²) in [5.41, 5.74) is 0.671. The van der Waals surface area contributed by atoms with E-state index in [1.807, 2.05) is 13.8 Å². The van der Waals surface area contributed by atoms with Crippen molar-refractivity contribution in [2.45, 2.75) is 53.4 Å². The van der Waals surface area contributed by atoms with Crippen molar-refractivity contribution in [3.63, 3.8) is 0 Å². The van der Waals surface area contributed by atoms with Gasteiger partial charge in [0.25, 0.3) is 10.1 Å². The molecule has 0 fully saturated rings. The van der Waals surface area contributed by atoms with Crippen LogP contribution in [-0.4, -0.2) is 30.3 Å². The average Bonchev–Trinajstić information content (AvgIpc) is 2.37. The molecule has 6 heteroatoms. The average molecular weight is 316 g/mol. The molecule has 0 rings (SSSR count). The molecule has 0 aromatic heterocycles. The Morgan fingerprint density at radius 1 is 1.14 bits per heavy atom. The van der Waals surface area contributed by atoms with Gasteiger partial charge in [-0.25, -0.2) is 0 Å². The number of unbranched alkanes of at least 4 members (excludes halogenated alkanes) is 1. The molecule has 0 aliphatic rings. The van der Waals surface area contributed by atoms with Crippen molar-refractivity contribution >= 4 is 21.7 Å². The van der Waals surface area contributed by atoms with Crippen molar-refractivity contribution in [3.05, 3.63) is 22.8 Å². The molecule has 120 valence electrons. The van der Waals surface area contributed by atoms with Crippen molar-refractivity contribution in [2.24, 2.45) is 0 Å². The highest BCUT2D eigenvalue weighted by Crippen LogP contribution is 2.20. The maximum atomic E-state index is 12.2. The summed E-state index contributed by atoms with van der Waals surface area (Å²) in [5, 5.41) is 0. The Labute approximate surface area is 126 Å². The molecule has 0 aromatic rings. The maximum Gasteiger partial charge on any atom is 0.269 e. The summed E-state index contributed by atoms with van der Waals surface area (Å²) in [5.74, 6) is -1.32. The summed E-state index contributed by atoms with van der Waals surface area (Å²) in [4.78, 5) is 23.8. The summed E-state index contributed by atoms with van der Waals surface area (Å²) < 4.78 is 31.3. The molecule has 1 N–H and O–H groups in total. The van der Waals surface area contributed by atoms with E-state index < -0.39 is 15.9 Å². The second-order valence-corrected chi connectivity index (χ2v) is 6.39. The van der Waals surface area contributed by atoms with Gasteiger partial charge in [0.15, 0.2) is 11.6 Å². The zero-order valence-corrected chi connectivity index (χ0v) is 13.9. The van der Waals surface area contributed by atoms with E-state index in [1.165, 1.54) is 6.92 Å². The van der Waals surface area contributed by atoms with Crippen LogP contribution in [0.1, 0.15) is 53.4 Å². The van der Waals surface area contributed by atoms with Crippen LogP contribution in [0.25, 0.3) is 0 Å². The predicted octanol–water partition coefficient (Wildman–Crippen LogP) is 2.88. The van der Waals surface area contributed by atoms with E-state index in [4.69, 9.17) is 4.55 Å². The van der Waals surface area contributed by atoms with Crippen LogP contribution in [0, 0.1) is 0 Å². The van der Waals surface area contributed by atoms with Gasteiger partial charge in [0.1, 0.15) is 5.75 Å². The highest BCUT2D eigenvalue weighted by atomic mass is 32.2. The van der Waals surface area contributed by atoms with Gasteiger partial charge in [0.2, 0.25) is 0 Å². The van der Waals surface area contributed by atoms with Crippen molar-refractivity contribution in [3.8, 4) is 0 Å². The molecule has 0 unspecified atom stereocenters. The minimum absolute atomic E-state index is 0.000787. The van der Waals surface area contributed by atoms with E-state index in [1.54, 1.807) is 13.0 Å². The van der Waals surface area contributed by atoms with Gasteiger partial charge >= 0.3 is 0 Å². The fraction of sp³-hybridized carbons (Fsp3) is 0.600. The molecule has 0 atom stereocenters. The second-order valence-electron chi connectivity index (χ2n) is 4.94. The number of carbonyl (C=O) groups excluding carboxylic acids is 2. The number of hydrogen-bond acceptors (Lipinski definition) is 4. The van der Waals surface area contributed by atoms with Crippen LogP contribution in [0.3, 0.4) is 0 Å². The number of carbonyl (C=O) groups is 2. The van der Waals surface area contributed by atoms with Gasteiger partial charge in [-0.15, -0.1) is 0 Å². The van der Waals surface area contributed by atoms with Gasteiger partial charge in [-0.3, -0.25) is 14.1 Å². The summed E-state index contributed by atoms with van der Waals surface area (Å²) >= 11 is 0. The SMILES string of the molecule is CC/C=C(C(C)=O)\C(C)=C(\CS(=O)(=O)O)C(=O)CCCC. The topological polar surface area (TPSA) is 88.5 Å². The minimum atomic E-state index is -4.33. The lowest BCUT2D eigenvalue weighted by Crippen LogP contribution is -2.17. The Morgan fingerprint density at radius 2 is 1.71 bits per heavy atom. The van der Waals surface area contributed by atoms with Crippen LogP contribution in [0.15, 0.2) is 22.8 Å². The Bertz CT molecular complexity index is 553. The first-order valence-electron chi connectivity index (χ1n) is 7.03. The molecular weight excluding hydrogens is 292 g/mol. The fourth-order valence-corrected chi connectivity index (χ4v) is 2.74. The molecule has 0 aliphatic heterocycles. The van der Waals surface area contributed by atoms with Crippen LogP contribution >= 0.6 is 0 Å². The number of hydrogen-bond donors (Lipinski definition) is 1. The highest BCUT2D eigenvalue weighted by molar-refractivity contribution is 7.86. The van der Waals surface area contributed by atoms with Gasteiger partial charge in [0, 0.05) is 17.6 Å². The van der Waals surface area contributed by atoms with Crippen molar-refractivity contribution < 1.29 is 22.6 Å². The summed E-state index contributed by atoms with van der Waals surface area (Å²) in [6.07, 6.45) is 3.89. The second kappa shape index (κ2) is 8.89. The molecule has 0 amide bonds. The summed E-state index contributed by atoms with van der Waals surface area (Å²) in [6.45, 7) is 6.68. The van der Waals surface area contributed by atoms with Gasteiger partial charge in [-0.05, 0) is 32.3 Å². The molecule has 0 saturated heterocycles. The van der Waals surface area contributed by atoms with Crippen LogP contribution < -0.4 is 0 Å². The largest absolute Gasteiger partial charge is 0.295 e. The van der Waals surface area contributed by atoms with Crippen LogP contribution in [0.2, 0.25) is 0 Å². The standard InChI is InChI=1S/C15H24O5S/c1-5-7-9-15(17)14(10-21(18,19)20)11(3)13(8-6-2)12(4)16/h8H,5-7,9-10H2,1-4H3,(H,18,19,20)/b13-8+,14-11-. The molecule has 0 spiro atoms. The van der Waals surface area contributed by atoms with Gasteiger partial charge in [-0.1, -0.05) is 26.3 Å². The van der Waals surface area contributed by atoms with E-state index in [9.17, 15) is 18.0 Å². The zero-order chi connectivity index (χ0) is 16.6. The molecule has 0 aliphatic carbocycles. The maximum absolute atomic E-state index is 12.2. The Balaban J connectivity index is 5.83. The van der Waals surface area contributed by atoms with Crippen LogP contribution in [0.4, 0.5) is 0 Å². The number of allylic oxidation sites excluding steroid dienone is 3. The third-order valence-electron chi connectivity index (χ3n) is 3.06. The summed E-state index contributed by atoms with van der Waals surface area (Å²) in [6, 6.07) is 0. The van der Waals surface area contributed by atoms with E-state index in [0.717, 1.165) is 6.42 Å². The fourth-order valence-electron chi connectivity index (χ4n) is 2.00. The first-order chi connectivity index (χ1) is 9.64. The predicted molar refractivity (Wildman–Crippen MR) is 82.7 cm³/mol. The molecule has 5 nitrogen and oxygen atoms in total. The lowest BCUT2D eigenvalue weighted by Gasteiger charge is -2.12. The third-order valence-corrected chi connectivity index (χ3v) is 3.72. The molecule has 0 aromatic carbocycles. The molecule has 0 bridgehead atoms. The molecule has 0 saturated carbocycles. The molecule has 0 heterocycles. The Morgan fingerprint density at radius 3 is 2.10 bits per heavy atom. The highest BCUT2D eigenvalue weighted by Gasteiger charge is 2.21. The summed E-state index contributed by atoms with van der Waals surface area (Å²) in [7, 11) is -4.33. The molecule has 21 heavy (non-hydrogen) atoms. The van der Waals surface area contributed by atoms with Gasteiger partial charge in [0.05, 0.1) is 0 Å². The normalized spacial score (nSPS) is 13.9. The van der Waals surface area contributed by atoms with E-state index in [0.29, 0.717) is 24.0 Å². The molecular formula is C15H24O5S. The van der Waals surface area contributed by atoms with Crippen LogP contribution in [0.5, 0.6) is 0 Å². The minimum Gasteiger partial charge on any atom is -0.295 e. The quantitative estimate of drug-likeness (QED) is 0.401. The Kier molecular flexibility index (Phi) is 8.36. The Hall–Kier alpha value is -1.27. The lowest BCUT2D eigenvalue weighted by molar-refractivity contribution is -0.115. The monoisotopic (exact) mass is 316 g/mol. The first kappa shape index (κ1) is 19.7. The van der Waals surface area contributed by atoms with Gasteiger partial charge in [-0.2, -0.15) is 8.42 Å². The third kappa shape index (κ3) is 7.34. The number of ketones is 2. The van der Waals surface area contributed by atoms with Crippen molar-refractivity contribution in [2.75, 3.05) is 5.75 Å². The number of rotatable bonds is 9. The number of Topliss-reactive ketones (excluding diaryl/α,β-unsaturated/α-hetero) is 2. The zero-order valence-electron chi connectivity index (χ0n) is 13.1. The van der Waals surface area contributed by atoms with Gasteiger partial charge < -0.3 is 0 Å². The van der Waals surface area contributed by atoms with Crippen LogP contribution in [-0.2, 0) is 19.7 Å². The van der Waals surface area contributed by atoms with Crippen molar-refractivity contribution in [1.29, 1.82) is 0 Å². The van der Waals surface area contributed by atoms with E-state index in [2.05, 4.69) is 0 Å². The molecule has 0 radical (unpaired) electrons.